The van der Waals surface area contributed by atoms with Gasteiger partial charge in [0.1, 0.15) is 5.82 Å². The molecule has 2 fully saturated rings. The Hall–Kier alpha value is -2.17. The maximum absolute atomic E-state index is 12.6. The molecule has 1 aromatic carbocycles. The van der Waals surface area contributed by atoms with Crippen LogP contribution in [0, 0.1) is 5.41 Å². The Labute approximate surface area is 142 Å². The van der Waals surface area contributed by atoms with Crippen LogP contribution in [0.15, 0.2) is 24.3 Å². The van der Waals surface area contributed by atoms with E-state index in [0.29, 0.717) is 11.2 Å². The minimum Gasteiger partial charge on any atom is -0.337 e. The Morgan fingerprint density at radius 1 is 1.17 bits per heavy atom. The highest BCUT2D eigenvalue weighted by molar-refractivity contribution is 5.95. The van der Waals surface area contributed by atoms with Crippen LogP contribution in [0.25, 0.3) is 11.4 Å². The molecule has 1 amide bonds. The van der Waals surface area contributed by atoms with Gasteiger partial charge in [-0.1, -0.05) is 38.3 Å². The molecule has 1 aliphatic carbocycles. The summed E-state index contributed by atoms with van der Waals surface area (Å²) in [5.74, 6) is 1.72. The van der Waals surface area contributed by atoms with Gasteiger partial charge in [0.15, 0.2) is 5.82 Å². The molecular weight excluding hydrogens is 300 g/mol. The van der Waals surface area contributed by atoms with Gasteiger partial charge >= 0.3 is 0 Å². The van der Waals surface area contributed by atoms with Crippen molar-refractivity contribution in [2.45, 2.75) is 45.4 Å². The summed E-state index contributed by atoms with van der Waals surface area (Å²) in [6.07, 6.45) is 7.43. The lowest BCUT2D eigenvalue weighted by Gasteiger charge is -2.52. The fourth-order valence-corrected chi connectivity index (χ4v) is 4.05. The molecular formula is C19H24N4O. The molecule has 0 bridgehead atoms. The van der Waals surface area contributed by atoms with E-state index in [1.165, 1.54) is 32.1 Å². The Bertz CT molecular complexity index is 720. The van der Waals surface area contributed by atoms with Crippen molar-refractivity contribution < 1.29 is 4.79 Å². The Morgan fingerprint density at radius 2 is 1.88 bits per heavy atom. The fraction of sp³-hybridized carbons (Fsp3) is 0.526. The van der Waals surface area contributed by atoms with Crippen molar-refractivity contribution in [2.24, 2.45) is 5.41 Å². The maximum atomic E-state index is 12.6. The Morgan fingerprint density at radius 3 is 2.50 bits per heavy atom. The number of carbonyl (C=O) groups excluding carboxylic acids is 1. The molecule has 5 heteroatoms. The predicted octanol–water partition coefficient (Wildman–Crippen LogP) is 3.44. The molecule has 24 heavy (non-hydrogen) atoms. The van der Waals surface area contributed by atoms with E-state index >= 15 is 0 Å². The zero-order valence-electron chi connectivity index (χ0n) is 14.2. The predicted molar refractivity (Wildman–Crippen MR) is 92.6 cm³/mol. The van der Waals surface area contributed by atoms with Gasteiger partial charge in [0.2, 0.25) is 0 Å². The second-order valence-electron chi connectivity index (χ2n) is 7.26. The molecule has 4 rings (SSSR count). The SMILES string of the molecule is CCc1nc(-c2ccc(C(=O)N3CC4(CCCCC4)C3)cc2)n[nH]1. The first-order valence-corrected chi connectivity index (χ1v) is 9.00. The van der Waals surface area contributed by atoms with Crippen LogP contribution in [0.1, 0.15) is 55.2 Å². The number of aromatic nitrogens is 3. The second-order valence-corrected chi connectivity index (χ2v) is 7.26. The zero-order valence-corrected chi connectivity index (χ0v) is 14.2. The summed E-state index contributed by atoms with van der Waals surface area (Å²) in [5, 5.41) is 7.14. The summed E-state index contributed by atoms with van der Waals surface area (Å²) in [4.78, 5) is 19.1. The number of nitrogens with one attached hydrogen (secondary N) is 1. The lowest BCUT2D eigenvalue weighted by Crippen LogP contribution is -2.59. The molecule has 1 aromatic heterocycles. The molecule has 2 aromatic rings. The smallest absolute Gasteiger partial charge is 0.253 e. The Balaban J connectivity index is 1.42. The zero-order chi connectivity index (χ0) is 16.6. The first-order chi connectivity index (χ1) is 11.7. The molecule has 1 aliphatic heterocycles. The van der Waals surface area contributed by atoms with E-state index in [1.54, 1.807) is 0 Å². The topological polar surface area (TPSA) is 61.9 Å². The molecule has 1 saturated heterocycles. The van der Waals surface area contributed by atoms with Crippen molar-refractivity contribution in [3.63, 3.8) is 0 Å². The normalized spacial score (nSPS) is 19.3. The number of carbonyl (C=O) groups is 1. The van der Waals surface area contributed by atoms with Crippen LogP contribution < -0.4 is 0 Å². The second kappa shape index (κ2) is 6.04. The van der Waals surface area contributed by atoms with Gasteiger partial charge in [-0.25, -0.2) is 4.98 Å². The first kappa shape index (κ1) is 15.4. The molecule has 0 radical (unpaired) electrons. The van der Waals surface area contributed by atoms with Gasteiger partial charge < -0.3 is 4.90 Å². The summed E-state index contributed by atoms with van der Waals surface area (Å²) in [6, 6.07) is 7.66. The van der Waals surface area contributed by atoms with Gasteiger partial charge in [0, 0.05) is 36.1 Å². The number of amides is 1. The van der Waals surface area contributed by atoms with Crippen molar-refractivity contribution in [1.82, 2.24) is 20.1 Å². The van der Waals surface area contributed by atoms with Crippen molar-refractivity contribution in [1.29, 1.82) is 0 Å². The first-order valence-electron chi connectivity index (χ1n) is 9.00. The van der Waals surface area contributed by atoms with E-state index in [4.69, 9.17) is 0 Å². The molecule has 1 saturated carbocycles. The Kier molecular flexibility index (Phi) is 3.87. The third-order valence-corrected chi connectivity index (χ3v) is 5.51. The number of hydrogen-bond acceptors (Lipinski definition) is 3. The van der Waals surface area contributed by atoms with Crippen LogP contribution in [-0.2, 0) is 6.42 Å². The maximum Gasteiger partial charge on any atom is 0.253 e. The quantitative estimate of drug-likeness (QED) is 0.941. The van der Waals surface area contributed by atoms with Gasteiger partial charge in [0.05, 0.1) is 0 Å². The van der Waals surface area contributed by atoms with Crippen molar-refractivity contribution >= 4 is 5.91 Å². The number of aromatic amines is 1. The highest BCUT2D eigenvalue weighted by atomic mass is 16.2. The average Bonchev–Trinajstić information content (AvgIpc) is 3.09. The molecule has 2 heterocycles. The number of H-pyrrole nitrogens is 1. The van der Waals surface area contributed by atoms with Gasteiger partial charge in [-0.3, -0.25) is 9.89 Å². The van der Waals surface area contributed by atoms with E-state index in [9.17, 15) is 4.79 Å². The van der Waals surface area contributed by atoms with Crippen LogP contribution in [0.2, 0.25) is 0 Å². The molecule has 126 valence electrons. The molecule has 5 nitrogen and oxygen atoms in total. The van der Waals surface area contributed by atoms with E-state index in [1.807, 2.05) is 36.1 Å². The molecule has 1 spiro atoms. The standard InChI is InChI=1S/C19H24N4O/c1-2-16-20-17(22-21-16)14-6-8-15(9-7-14)18(24)23-12-19(13-23)10-4-3-5-11-19/h6-9H,2-5,10-13H2,1H3,(H,20,21,22). The fourth-order valence-electron chi connectivity index (χ4n) is 4.05. The third-order valence-electron chi connectivity index (χ3n) is 5.51. The highest BCUT2D eigenvalue weighted by Crippen LogP contribution is 2.44. The number of nitrogens with zero attached hydrogens (tertiary/aromatic N) is 3. The van der Waals surface area contributed by atoms with E-state index in [0.717, 1.165) is 36.5 Å². The summed E-state index contributed by atoms with van der Waals surface area (Å²) >= 11 is 0. The van der Waals surface area contributed by atoms with Gasteiger partial charge in [0.25, 0.3) is 5.91 Å². The van der Waals surface area contributed by atoms with Crippen molar-refractivity contribution in [3.05, 3.63) is 35.7 Å². The van der Waals surface area contributed by atoms with Crippen molar-refractivity contribution in [2.75, 3.05) is 13.1 Å². The van der Waals surface area contributed by atoms with E-state index < -0.39 is 0 Å². The lowest BCUT2D eigenvalue weighted by atomic mass is 9.68. The monoisotopic (exact) mass is 324 g/mol. The van der Waals surface area contributed by atoms with Crippen LogP contribution in [-0.4, -0.2) is 39.1 Å². The molecule has 0 unspecified atom stereocenters. The van der Waals surface area contributed by atoms with Crippen molar-refractivity contribution in [3.8, 4) is 11.4 Å². The van der Waals surface area contributed by atoms with Crippen LogP contribution in [0.4, 0.5) is 0 Å². The number of aryl methyl sites for hydroxylation is 1. The van der Waals surface area contributed by atoms with Gasteiger partial charge in [-0.2, -0.15) is 5.10 Å². The van der Waals surface area contributed by atoms with Gasteiger partial charge in [-0.15, -0.1) is 0 Å². The number of rotatable bonds is 3. The highest BCUT2D eigenvalue weighted by Gasteiger charge is 2.45. The summed E-state index contributed by atoms with van der Waals surface area (Å²) in [5.41, 5.74) is 2.13. The lowest BCUT2D eigenvalue weighted by molar-refractivity contribution is -0.0154. The minimum atomic E-state index is 0.155. The molecule has 2 aliphatic rings. The minimum absolute atomic E-state index is 0.155. The largest absolute Gasteiger partial charge is 0.337 e. The number of benzene rings is 1. The number of hydrogen-bond donors (Lipinski definition) is 1. The summed E-state index contributed by atoms with van der Waals surface area (Å²) < 4.78 is 0. The molecule has 0 atom stereocenters. The average molecular weight is 324 g/mol. The third kappa shape index (κ3) is 2.72. The molecule has 1 N–H and O–H groups in total. The van der Waals surface area contributed by atoms with Crippen LogP contribution >= 0.6 is 0 Å². The van der Waals surface area contributed by atoms with E-state index in [2.05, 4.69) is 15.2 Å². The van der Waals surface area contributed by atoms with Crippen LogP contribution in [0.5, 0.6) is 0 Å². The van der Waals surface area contributed by atoms with E-state index in [-0.39, 0.29) is 5.91 Å². The summed E-state index contributed by atoms with van der Waals surface area (Å²) in [6.45, 7) is 3.92. The van der Waals surface area contributed by atoms with Crippen LogP contribution in [0.3, 0.4) is 0 Å². The number of likely N-dealkylation sites (tertiary alicyclic amines) is 1. The summed E-state index contributed by atoms with van der Waals surface area (Å²) in [7, 11) is 0. The van der Waals surface area contributed by atoms with Gasteiger partial charge in [-0.05, 0) is 25.0 Å².